The van der Waals surface area contributed by atoms with E-state index in [4.69, 9.17) is 4.74 Å². The maximum absolute atomic E-state index is 12.7. The van der Waals surface area contributed by atoms with E-state index in [0.717, 1.165) is 5.69 Å². The zero-order valence-electron chi connectivity index (χ0n) is 11.2. The van der Waals surface area contributed by atoms with Crippen LogP contribution < -0.4 is 0 Å². The largest absolute Gasteiger partial charge is 0.453 e. The first-order valence-electron chi connectivity index (χ1n) is 6.07. The van der Waals surface area contributed by atoms with E-state index in [0.29, 0.717) is 11.3 Å². The topological polar surface area (TPSA) is 48.3 Å². The summed E-state index contributed by atoms with van der Waals surface area (Å²) in [5, 5.41) is 0. The average Bonchev–Trinajstić information content (AvgIpc) is 2.77. The Morgan fingerprint density at radius 2 is 1.80 bits per heavy atom. The number of rotatable bonds is 4. The number of ketones is 1. The number of aryl methyl sites for hydroxylation is 1. The molecule has 0 amide bonds. The molecule has 0 saturated heterocycles. The first-order chi connectivity index (χ1) is 9.49. The lowest BCUT2D eigenvalue weighted by molar-refractivity contribution is 0.0465. The van der Waals surface area contributed by atoms with E-state index < -0.39 is 11.8 Å². The van der Waals surface area contributed by atoms with Gasteiger partial charge in [0.15, 0.2) is 12.4 Å². The Bertz CT molecular complexity index is 644. The maximum atomic E-state index is 12.7. The summed E-state index contributed by atoms with van der Waals surface area (Å²) in [6.07, 6.45) is 0. The SMILES string of the molecule is Cc1ccc(C(=O)OCC(=O)c2ccc(F)cc2)n1C. The molecule has 0 aliphatic heterocycles. The fourth-order valence-electron chi connectivity index (χ4n) is 1.74. The third-order valence-electron chi connectivity index (χ3n) is 3.08. The van der Waals surface area contributed by atoms with Crippen LogP contribution >= 0.6 is 0 Å². The van der Waals surface area contributed by atoms with Gasteiger partial charge in [0.05, 0.1) is 0 Å². The van der Waals surface area contributed by atoms with Crippen LogP contribution in [0.3, 0.4) is 0 Å². The molecule has 1 aromatic heterocycles. The van der Waals surface area contributed by atoms with Crippen LogP contribution in [0.5, 0.6) is 0 Å². The van der Waals surface area contributed by atoms with Gasteiger partial charge in [0.1, 0.15) is 11.5 Å². The second-order valence-electron chi connectivity index (χ2n) is 4.43. The Balaban J connectivity index is 1.98. The van der Waals surface area contributed by atoms with E-state index in [9.17, 15) is 14.0 Å². The predicted octanol–water partition coefficient (Wildman–Crippen LogP) is 2.51. The number of carbonyl (C=O) groups is 2. The molecule has 4 nitrogen and oxygen atoms in total. The first kappa shape index (κ1) is 14.0. The van der Waals surface area contributed by atoms with Crippen LogP contribution in [0.15, 0.2) is 36.4 Å². The van der Waals surface area contributed by atoms with Crippen molar-refractivity contribution in [2.24, 2.45) is 7.05 Å². The van der Waals surface area contributed by atoms with Crippen LogP contribution in [0.4, 0.5) is 4.39 Å². The van der Waals surface area contributed by atoms with Crippen LogP contribution in [-0.4, -0.2) is 22.9 Å². The monoisotopic (exact) mass is 275 g/mol. The van der Waals surface area contributed by atoms with Crippen LogP contribution in [0.1, 0.15) is 26.5 Å². The minimum Gasteiger partial charge on any atom is -0.453 e. The summed E-state index contributed by atoms with van der Waals surface area (Å²) >= 11 is 0. The van der Waals surface area contributed by atoms with Gasteiger partial charge in [-0.15, -0.1) is 0 Å². The second kappa shape index (κ2) is 5.69. The highest BCUT2D eigenvalue weighted by Crippen LogP contribution is 2.08. The Morgan fingerprint density at radius 3 is 2.35 bits per heavy atom. The number of hydrogen-bond acceptors (Lipinski definition) is 3. The van der Waals surface area contributed by atoms with E-state index in [1.54, 1.807) is 23.7 Å². The summed E-state index contributed by atoms with van der Waals surface area (Å²) in [5.74, 6) is -1.35. The summed E-state index contributed by atoms with van der Waals surface area (Å²) in [6, 6.07) is 8.53. The third kappa shape index (κ3) is 2.93. The summed E-state index contributed by atoms with van der Waals surface area (Å²) < 4.78 is 19.4. The minimum atomic E-state index is -0.559. The summed E-state index contributed by atoms with van der Waals surface area (Å²) in [7, 11) is 1.74. The van der Waals surface area contributed by atoms with Crippen molar-refractivity contribution in [2.75, 3.05) is 6.61 Å². The molecule has 5 heteroatoms. The van der Waals surface area contributed by atoms with Gasteiger partial charge in [0, 0.05) is 18.3 Å². The number of nitrogens with zero attached hydrogens (tertiary/aromatic N) is 1. The molecule has 0 radical (unpaired) electrons. The van der Waals surface area contributed by atoms with Crippen molar-refractivity contribution in [3.63, 3.8) is 0 Å². The summed E-state index contributed by atoms with van der Waals surface area (Å²) in [6.45, 7) is 1.50. The Kier molecular flexibility index (Phi) is 3.98. The molecule has 0 saturated carbocycles. The molecular weight excluding hydrogens is 261 g/mol. The lowest BCUT2D eigenvalue weighted by atomic mass is 10.1. The highest BCUT2D eigenvalue weighted by molar-refractivity contribution is 5.99. The molecule has 0 atom stereocenters. The molecule has 0 N–H and O–H groups in total. The standard InChI is InChI=1S/C15H14FNO3/c1-10-3-8-13(17(10)2)15(19)20-9-14(18)11-4-6-12(16)7-5-11/h3-8H,9H2,1-2H3. The van der Waals surface area contributed by atoms with Crippen LogP contribution in [-0.2, 0) is 11.8 Å². The molecule has 0 spiro atoms. The zero-order valence-corrected chi connectivity index (χ0v) is 11.2. The molecule has 104 valence electrons. The van der Waals surface area contributed by atoms with E-state index in [1.165, 1.54) is 24.3 Å². The second-order valence-corrected chi connectivity index (χ2v) is 4.43. The highest BCUT2D eigenvalue weighted by Gasteiger charge is 2.15. The highest BCUT2D eigenvalue weighted by atomic mass is 19.1. The number of halogens is 1. The summed E-state index contributed by atoms with van der Waals surface area (Å²) in [4.78, 5) is 23.6. The van der Waals surface area contributed by atoms with Gasteiger partial charge in [-0.25, -0.2) is 9.18 Å². The molecule has 2 rings (SSSR count). The van der Waals surface area contributed by atoms with Gasteiger partial charge in [0.2, 0.25) is 0 Å². The van der Waals surface area contributed by atoms with Gasteiger partial charge >= 0.3 is 5.97 Å². The summed E-state index contributed by atoms with van der Waals surface area (Å²) in [5.41, 5.74) is 1.61. The van der Waals surface area contributed by atoms with Crippen LogP contribution in [0.25, 0.3) is 0 Å². The van der Waals surface area contributed by atoms with Gasteiger partial charge in [-0.2, -0.15) is 0 Å². The molecule has 20 heavy (non-hydrogen) atoms. The first-order valence-corrected chi connectivity index (χ1v) is 6.07. The van der Waals surface area contributed by atoms with E-state index in [2.05, 4.69) is 0 Å². The van der Waals surface area contributed by atoms with E-state index >= 15 is 0 Å². The third-order valence-corrected chi connectivity index (χ3v) is 3.08. The quantitative estimate of drug-likeness (QED) is 0.636. The molecule has 1 aromatic carbocycles. The fraction of sp³-hybridized carbons (Fsp3) is 0.200. The number of benzene rings is 1. The number of hydrogen-bond donors (Lipinski definition) is 0. The molecular formula is C15H14FNO3. The zero-order chi connectivity index (χ0) is 14.7. The number of esters is 1. The molecule has 0 aliphatic rings. The van der Waals surface area contributed by atoms with Crippen LogP contribution in [0, 0.1) is 12.7 Å². The predicted molar refractivity (Wildman–Crippen MR) is 71.2 cm³/mol. The molecule has 0 bridgehead atoms. The van der Waals surface area contributed by atoms with Crippen molar-refractivity contribution in [1.82, 2.24) is 4.57 Å². The maximum Gasteiger partial charge on any atom is 0.355 e. The molecule has 1 heterocycles. The number of carbonyl (C=O) groups excluding carboxylic acids is 2. The Labute approximate surface area is 115 Å². The van der Waals surface area contributed by atoms with Gasteiger partial charge in [-0.3, -0.25) is 4.79 Å². The minimum absolute atomic E-state index is 0.308. The normalized spacial score (nSPS) is 10.3. The van der Waals surface area contributed by atoms with Crippen LogP contribution in [0.2, 0.25) is 0 Å². The lowest BCUT2D eigenvalue weighted by Gasteiger charge is -2.06. The number of Topliss-reactive ketones (excluding diaryl/α,β-unsaturated/α-hetero) is 1. The van der Waals surface area contributed by atoms with Gasteiger partial charge in [0.25, 0.3) is 0 Å². The molecule has 0 unspecified atom stereocenters. The molecule has 0 fully saturated rings. The van der Waals surface area contributed by atoms with Crippen molar-refractivity contribution >= 4 is 11.8 Å². The van der Waals surface area contributed by atoms with Gasteiger partial charge in [-0.05, 0) is 43.3 Å². The van der Waals surface area contributed by atoms with Crippen molar-refractivity contribution < 1.29 is 18.7 Å². The fourth-order valence-corrected chi connectivity index (χ4v) is 1.74. The lowest BCUT2D eigenvalue weighted by Crippen LogP contribution is -2.16. The van der Waals surface area contributed by atoms with Gasteiger partial charge in [-0.1, -0.05) is 0 Å². The van der Waals surface area contributed by atoms with Crippen molar-refractivity contribution in [3.8, 4) is 0 Å². The van der Waals surface area contributed by atoms with Gasteiger partial charge < -0.3 is 9.30 Å². The van der Waals surface area contributed by atoms with E-state index in [1.807, 2.05) is 6.92 Å². The smallest absolute Gasteiger partial charge is 0.355 e. The van der Waals surface area contributed by atoms with Crippen molar-refractivity contribution in [1.29, 1.82) is 0 Å². The van der Waals surface area contributed by atoms with Crippen molar-refractivity contribution in [3.05, 3.63) is 59.2 Å². The van der Waals surface area contributed by atoms with Crippen molar-refractivity contribution in [2.45, 2.75) is 6.92 Å². The number of aromatic nitrogens is 1. The molecule has 2 aromatic rings. The van der Waals surface area contributed by atoms with E-state index in [-0.39, 0.29) is 12.4 Å². The number of ether oxygens (including phenoxy) is 1. The average molecular weight is 275 g/mol. The Morgan fingerprint density at radius 1 is 1.15 bits per heavy atom. The molecule has 0 aliphatic carbocycles. The Hall–Kier alpha value is -2.43.